The van der Waals surface area contributed by atoms with Gasteiger partial charge in [-0.3, -0.25) is 9.59 Å². The van der Waals surface area contributed by atoms with Crippen molar-refractivity contribution in [3.8, 4) is 5.75 Å². The van der Waals surface area contributed by atoms with Gasteiger partial charge < -0.3 is 10.5 Å². The average Bonchev–Trinajstić information content (AvgIpc) is 3.33. The van der Waals surface area contributed by atoms with Gasteiger partial charge in [-0.25, -0.2) is 4.31 Å². The lowest BCUT2D eigenvalue weighted by atomic mass is 9.74. The number of para-hydroxylation sites is 1. The number of methoxy groups -OCH3 is 1. The molecular weight excluding hydrogens is 424 g/mol. The third-order valence-corrected chi connectivity index (χ3v) is 8.22. The number of primary amides is 1. The number of benzene rings is 2. The van der Waals surface area contributed by atoms with Gasteiger partial charge in [-0.15, -0.1) is 11.3 Å². The summed E-state index contributed by atoms with van der Waals surface area (Å²) in [6.45, 7) is 1.79. The second-order valence-corrected chi connectivity index (χ2v) is 9.80. The van der Waals surface area contributed by atoms with Gasteiger partial charge in [-0.1, -0.05) is 42.0 Å². The number of amides is 2. The van der Waals surface area contributed by atoms with Crippen LogP contribution in [0.4, 0.5) is 5.69 Å². The van der Waals surface area contributed by atoms with Crippen molar-refractivity contribution in [2.24, 2.45) is 5.73 Å². The zero-order valence-corrected chi connectivity index (χ0v) is 17.8. The highest BCUT2D eigenvalue weighted by molar-refractivity contribution is 7.95. The van der Waals surface area contributed by atoms with Crippen LogP contribution in [0.1, 0.15) is 16.7 Å². The van der Waals surface area contributed by atoms with Crippen LogP contribution in [0.25, 0.3) is 0 Å². The number of ether oxygens (including phenoxy) is 1. The standard InChI is InChI=1S/C21H18N2O5S2/c1-13-9-10-16-15(12-13)21(19(22)24,14-6-3-4-7-17(14)28-2)20(25)23(16)30(26,27)18-8-5-11-29-18/h3-12H,1-2H3,(H2,22,24). The molecule has 1 atom stereocenters. The molecule has 0 radical (unpaired) electrons. The van der Waals surface area contributed by atoms with Gasteiger partial charge in [-0.05, 0) is 30.5 Å². The summed E-state index contributed by atoms with van der Waals surface area (Å²) in [6.07, 6.45) is 0. The van der Waals surface area contributed by atoms with E-state index < -0.39 is 27.3 Å². The predicted octanol–water partition coefficient (Wildman–Crippen LogP) is 2.57. The Bertz CT molecular complexity index is 1270. The van der Waals surface area contributed by atoms with Gasteiger partial charge in [0.15, 0.2) is 5.41 Å². The highest BCUT2D eigenvalue weighted by atomic mass is 32.2. The Morgan fingerprint density at radius 2 is 1.83 bits per heavy atom. The fraction of sp³-hybridized carbons (Fsp3) is 0.143. The maximum Gasteiger partial charge on any atom is 0.280 e. The van der Waals surface area contributed by atoms with Crippen molar-refractivity contribution in [3.05, 3.63) is 76.7 Å². The Labute approximate surface area is 177 Å². The maximum atomic E-state index is 13.8. The Morgan fingerprint density at radius 3 is 2.47 bits per heavy atom. The van der Waals surface area contributed by atoms with Crippen LogP contribution in [0.15, 0.2) is 64.2 Å². The topological polar surface area (TPSA) is 107 Å². The molecule has 0 aliphatic carbocycles. The molecular formula is C21H18N2O5S2. The fourth-order valence-electron chi connectivity index (χ4n) is 3.83. The Hall–Kier alpha value is -3.17. The lowest BCUT2D eigenvalue weighted by molar-refractivity contribution is -0.131. The number of hydrogen-bond donors (Lipinski definition) is 1. The van der Waals surface area contributed by atoms with E-state index in [4.69, 9.17) is 10.5 Å². The van der Waals surface area contributed by atoms with E-state index in [1.807, 2.05) is 0 Å². The molecule has 2 N–H and O–H groups in total. The third kappa shape index (κ3) is 2.59. The number of nitrogens with two attached hydrogens (primary N) is 1. The van der Waals surface area contributed by atoms with Gasteiger partial charge in [0, 0.05) is 11.1 Å². The summed E-state index contributed by atoms with van der Waals surface area (Å²) in [5.41, 5.74) is 5.05. The lowest BCUT2D eigenvalue weighted by Crippen LogP contribution is -2.51. The Morgan fingerprint density at radius 1 is 1.10 bits per heavy atom. The number of nitrogens with zero attached hydrogens (tertiary/aromatic N) is 1. The molecule has 3 aromatic rings. The van der Waals surface area contributed by atoms with Crippen LogP contribution >= 0.6 is 11.3 Å². The lowest BCUT2D eigenvalue weighted by Gasteiger charge is -2.27. The zero-order chi connectivity index (χ0) is 21.7. The summed E-state index contributed by atoms with van der Waals surface area (Å²) < 4.78 is 32.8. The molecule has 9 heteroatoms. The average molecular weight is 443 g/mol. The number of aryl methyl sites for hydroxylation is 1. The van der Waals surface area contributed by atoms with E-state index in [2.05, 4.69) is 0 Å². The first-order valence-electron chi connectivity index (χ1n) is 8.94. The number of anilines is 1. The summed E-state index contributed by atoms with van der Waals surface area (Å²) in [6, 6.07) is 14.3. The highest BCUT2D eigenvalue weighted by Crippen LogP contribution is 2.50. The third-order valence-electron chi connectivity index (χ3n) is 5.15. The Kier molecular flexibility index (Phi) is 4.67. The van der Waals surface area contributed by atoms with Gasteiger partial charge in [0.25, 0.3) is 15.9 Å². The summed E-state index contributed by atoms with van der Waals surface area (Å²) >= 11 is 0.986. The largest absolute Gasteiger partial charge is 0.496 e. The molecule has 2 heterocycles. The molecule has 1 aliphatic rings. The van der Waals surface area contributed by atoms with Crippen molar-refractivity contribution in [2.45, 2.75) is 16.5 Å². The molecule has 7 nitrogen and oxygen atoms in total. The molecule has 30 heavy (non-hydrogen) atoms. The number of thiophene rings is 1. The van der Waals surface area contributed by atoms with Gasteiger partial charge in [-0.2, -0.15) is 8.42 Å². The summed E-state index contributed by atoms with van der Waals surface area (Å²) in [5, 5.41) is 1.60. The van der Waals surface area contributed by atoms with Gasteiger partial charge >= 0.3 is 0 Å². The first kappa shape index (κ1) is 20.1. The van der Waals surface area contributed by atoms with Crippen LogP contribution in [-0.4, -0.2) is 27.3 Å². The van der Waals surface area contributed by atoms with E-state index in [1.54, 1.807) is 54.8 Å². The normalized spacial score (nSPS) is 18.3. The van der Waals surface area contributed by atoms with E-state index in [-0.39, 0.29) is 26.8 Å². The molecule has 0 saturated heterocycles. The van der Waals surface area contributed by atoms with Crippen molar-refractivity contribution in [1.29, 1.82) is 0 Å². The molecule has 1 aromatic heterocycles. The minimum Gasteiger partial charge on any atom is -0.496 e. The van der Waals surface area contributed by atoms with Gasteiger partial charge in [0.1, 0.15) is 9.96 Å². The first-order valence-corrected chi connectivity index (χ1v) is 11.3. The smallest absolute Gasteiger partial charge is 0.280 e. The van der Waals surface area contributed by atoms with Crippen LogP contribution in [0, 0.1) is 6.92 Å². The molecule has 4 rings (SSSR count). The van der Waals surface area contributed by atoms with E-state index in [0.29, 0.717) is 4.31 Å². The van der Waals surface area contributed by atoms with E-state index in [1.165, 1.54) is 19.2 Å². The van der Waals surface area contributed by atoms with Crippen molar-refractivity contribution in [2.75, 3.05) is 11.4 Å². The Balaban J connectivity index is 2.10. The minimum atomic E-state index is -4.25. The van der Waals surface area contributed by atoms with Crippen molar-refractivity contribution < 1.29 is 22.7 Å². The molecule has 0 spiro atoms. The monoisotopic (exact) mass is 442 g/mol. The van der Waals surface area contributed by atoms with Crippen LogP contribution in [-0.2, 0) is 25.0 Å². The molecule has 2 amide bonds. The molecule has 154 valence electrons. The van der Waals surface area contributed by atoms with Crippen LogP contribution in [0.3, 0.4) is 0 Å². The van der Waals surface area contributed by atoms with Gasteiger partial charge in [0.2, 0.25) is 5.91 Å². The molecule has 0 saturated carbocycles. The minimum absolute atomic E-state index is 0.0114. The first-order chi connectivity index (χ1) is 14.3. The second-order valence-electron chi connectivity index (χ2n) is 6.84. The number of rotatable bonds is 5. The predicted molar refractivity (Wildman–Crippen MR) is 113 cm³/mol. The van der Waals surface area contributed by atoms with Crippen LogP contribution in [0.2, 0.25) is 0 Å². The number of sulfonamides is 1. The molecule has 0 bridgehead atoms. The molecule has 1 aliphatic heterocycles. The zero-order valence-electron chi connectivity index (χ0n) is 16.2. The molecule has 1 unspecified atom stereocenters. The van der Waals surface area contributed by atoms with E-state index >= 15 is 0 Å². The number of carbonyl (C=O) groups excluding carboxylic acids is 2. The maximum absolute atomic E-state index is 13.8. The summed E-state index contributed by atoms with van der Waals surface area (Å²) in [4.78, 5) is 26.8. The van der Waals surface area contributed by atoms with Gasteiger partial charge in [0.05, 0.1) is 12.8 Å². The van der Waals surface area contributed by atoms with Crippen LogP contribution in [0.5, 0.6) is 5.75 Å². The molecule has 2 aromatic carbocycles. The van der Waals surface area contributed by atoms with E-state index in [0.717, 1.165) is 16.9 Å². The van der Waals surface area contributed by atoms with Crippen LogP contribution < -0.4 is 14.8 Å². The molecule has 0 fully saturated rings. The summed E-state index contributed by atoms with van der Waals surface area (Å²) in [5.74, 6) is -1.67. The SMILES string of the molecule is COc1ccccc1C1(C(N)=O)C(=O)N(S(=O)(=O)c2cccs2)c2ccc(C)cc21. The quantitative estimate of drug-likeness (QED) is 0.611. The fourth-order valence-corrected chi connectivity index (χ4v) is 6.36. The number of hydrogen-bond acceptors (Lipinski definition) is 6. The van der Waals surface area contributed by atoms with Crippen molar-refractivity contribution in [1.82, 2.24) is 0 Å². The second kappa shape index (κ2) is 6.96. The van der Waals surface area contributed by atoms with Crippen molar-refractivity contribution in [3.63, 3.8) is 0 Å². The summed E-state index contributed by atoms with van der Waals surface area (Å²) in [7, 11) is -2.84. The number of fused-ring (bicyclic) bond motifs is 1. The van der Waals surface area contributed by atoms with Crippen molar-refractivity contribution >= 4 is 38.9 Å². The highest BCUT2D eigenvalue weighted by Gasteiger charge is 2.61. The number of carbonyl (C=O) groups is 2. The van der Waals surface area contributed by atoms with E-state index in [9.17, 15) is 18.0 Å².